The number of rotatable bonds is 14. The van der Waals surface area contributed by atoms with Gasteiger partial charge >= 0.3 is 11.6 Å². The Bertz CT molecular complexity index is 3210. The number of aryl methyl sites for hydroxylation is 6. The predicted molar refractivity (Wildman–Crippen MR) is 265 cm³/mol. The molecule has 0 amide bonds. The van der Waals surface area contributed by atoms with Crippen LogP contribution in [0.3, 0.4) is 0 Å². The number of nitro groups is 2. The highest BCUT2D eigenvalue weighted by Crippen LogP contribution is 2.37. The third-order valence-electron chi connectivity index (χ3n) is 11.0. The van der Waals surface area contributed by atoms with E-state index in [-0.39, 0.29) is 11.6 Å². The van der Waals surface area contributed by atoms with E-state index in [1.54, 1.807) is 35.3 Å². The zero-order valence-corrected chi connectivity index (χ0v) is 43.0. The van der Waals surface area contributed by atoms with Crippen LogP contribution in [-0.4, -0.2) is 64.0 Å². The summed E-state index contributed by atoms with van der Waals surface area (Å²) in [6, 6.07) is 15.5. The van der Waals surface area contributed by atoms with E-state index in [0.29, 0.717) is 44.2 Å². The van der Waals surface area contributed by atoms with Crippen molar-refractivity contribution in [2.45, 2.75) is 65.6 Å². The van der Waals surface area contributed by atoms with Crippen molar-refractivity contribution in [3.8, 4) is 28.3 Å². The highest BCUT2D eigenvalue weighted by Gasteiger charge is 2.25. The summed E-state index contributed by atoms with van der Waals surface area (Å²) < 4.78 is 54.6. The molecule has 71 heavy (non-hydrogen) atoms. The van der Waals surface area contributed by atoms with Gasteiger partial charge in [-0.15, -0.1) is 0 Å². The average molecular weight is 1110 g/mol. The second kappa shape index (κ2) is 23.2. The normalized spacial score (nSPS) is 11.9. The fraction of sp³-hybridized carbons (Fsp3) is 0.292. The number of aliphatic hydroxyl groups is 1. The van der Waals surface area contributed by atoms with Crippen molar-refractivity contribution in [2.75, 3.05) is 0 Å². The SMILES string of the molecule is CCc1cc(Cc2cn(C)nc2-c2ccc(F)cc2[C@@H](C)O)n(C)n1.CCc1cc(Cc2cn(C)nc2-c2ccc(F)cc2[C@@H](C)Oc2cc(Br)cnc2[N+](=O)[O-])n(C)n1.O=[N+]([O-])c1ncc(Br)cc1F. The Hall–Kier alpha value is -7.11. The van der Waals surface area contributed by atoms with Gasteiger partial charge in [-0.1, -0.05) is 13.8 Å². The molecular weight excluding hydrogens is 1060 g/mol. The molecule has 8 aromatic rings. The standard InChI is InChI=1S/C24H24BrFN6O3.C19H23FN4O.C5H2BrFN2O2/c1-5-18-11-19(31(4)28-18)8-15-13-30(3)29-23(15)20-7-6-17(26)10-21(20)14(2)35-22-9-16(25)12-27-24(22)32(33)34;1-5-15-10-16(24(4)21-15)8-13-11-23(3)22-19(13)17-7-6-14(20)9-18(17)12(2)25;6-3-1-4(7)5(8-2-3)9(10)11/h6-7,9-14H,5,8H2,1-4H3;6-7,9-12,25H,5,8H2,1-4H3;1-2H/t14-;12-;/m11./s1. The van der Waals surface area contributed by atoms with Gasteiger partial charge in [0.15, 0.2) is 12.4 Å². The third-order valence-corrected chi connectivity index (χ3v) is 11.9. The van der Waals surface area contributed by atoms with Gasteiger partial charge < -0.3 is 30.1 Å². The zero-order chi connectivity index (χ0) is 51.8. The minimum absolute atomic E-state index is 0.0182. The maximum absolute atomic E-state index is 14.4. The van der Waals surface area contributed by atoms with Crippen LogP contribution in [0.1, 0.15) is 84.9 Å². The summed E-state index contributed by atoms with van der Waals surface area (Å²) in [6.07, 6.45) is 7.85. The lowest BCUT2D eigenvalue weighted by molar-refractivity contribution is -0.392. The fourth-order valence-electron chi connectivity index (χ4n) is 7.61. The van der Waals surface area contributed by atoms with E-state index in [4.69, 9.17) is 4.74 Å². The van der Waals surface area contributed by atoms with Crippen LogP contribution in [0.5, 0.6) is 5.75 Å². The van der Waals surface area contributed by atoms with E-state index in [1.807, 2.05) is 49.9 Å². The first-order valence-corrected chi connectivity index (χ1v) is 23.5. The van der Waals surface area contributed by atoms with Gasteiger partial charge in [0.05, 0.1) is 37.8 Å². The van der Waals surface area contributed by atoms with Crippen molar-refractivity contribution in [3.63, 3.8) is 0 Å². The van der Waals surface area contributed by atoms with E-state index < -0.39 is 45.3 Å². The quantitative estimate of drug-likeness (QED) is 0.0796. The first-order chi connectivity index (χ1) is 33.6. The highest BCUT2D eigenvalue weighted by molar-refractivity contribution is 9.10. The van der Waals surface area contributed by atoms with Crippen LogP contribution in [0, 0.1) is 37.7 Å². The summed E-state index contributed by atoms with van der Waals surface area (Å²) in [7, 11) is 7.53. The number of aliphatic hydroxyl groups excluding tert-OH is 1. The maximum atomic E-state index is 14.4. The van der Waals surface area contributed by atoms with E-state index in [9.17, 15) is 38.5 Å². The van der Waals surface area contributed by atoms with Crippen molar-refractivity contribution in [1.29, 1.82) is 0 Å². The number of nitrogens with zero attached hydrogens (tertiary/aromatic N) is 12. The molecule has 8 rings (SSSR count). The highest BCUT2D eigenvalue weighted by atomic mass is 79.9. The minimum Gasteiger partial charge on any atom is -0.478 e. The van der Waals surface area contributed by atoms with E-state index in [2.05, 4.69) is 88.2 Å². The van der Waals surface area contributed by atoms with Crippen LogP contribution in [0.25, 0.3) is 22.5 Å². The van der Waals surface area contributed by atoms with Crippen LogP contribution >= 0.6 is 31.9 Å². The van der Waals surface area contributed by atoms with Crippen LogP contribution < -0.4 is 4.74 Å². The monoisotopic (exact) mass is 1100 g/mol. The molecule has 6 aromatic heterocycles. The number of ether oxygens (including phenoxy) is 1. The van der Waals surface area contributed by atoms with Crippen molar-refractivity contribution >= 4 is 43.5 Å². The van der Waals surface area contributed by atoms with Crippen LogP contribution in [0.4, 0.5) is 24.8 Å². The van der Waals surface area contributed by atoms with Gasteiger partial charge in [0.1, 0.15) is 17.7 Å². The molecule has 6 heterocycles. The second-order valence-electron chi connectivity index (χ2n) is 16.3. The van der Waals surface area contributed by atoms with Gasteiger partial charge in [-0.3, -0.25) is 18.7 Å². The van der Waals surface area contributed by atoms with Gasteiger partial charge in [-0.25, -0.2) is 8.78 Å². The average Bonchev–Trinajstić information content (AvgIpc) is 4.08. The van der Waals surface area contributed by atoms with E-state index in [0.717, 1.165) is 64.1 Å². The molecule has 18 nitrogen and oxygen atoms in total. The number of halogens is 5. The Morgan fingerprint density at radius 2 is 1.11 bits per heavy atom. The molecule has 0 saturated carbocycles. The van der Waals surface area contributed by atoms with Gasteiger partial charge in [0, 0.05) is 105 Å². The summed E-state index contributed by atoms with van der Waals surface area (Å²) >= 11 is 6.19. The second-order valence-corrected chi connectivity index (χ2v) is 18.1. The summed E-state index contributed by atoms with van der Waals surface area (Å²) in [5.74, 6) is -2.94. The van der Waals surface area contributed by atoms with E-state index >= 15 is 0 Å². The fourth-order valence-corrected chi connectivity index (χ4v) is 8.22. The molecular formula is C48H49Br2F3N12O6. The molecule has 0 saturated heterocycles. The van der Waals surface area contributed by atoms with Gasteiger partial charge in [0.25, 0.3) is 0 Å². The Kier molecular flexibility index (Phi) is 17.4. The molecule has 0 aliphatic rings. The Morgan fingerprint density at radius 3 is 1.55 bits per heavy atom. The molecule has 1 N–H and O–H groups in total. The predicted octanol–water partition coefficient (Wildman–Crippen LogP) is 10.4. The Labute approximate surface area is 422 Å². The molecule has 0 aliphatic carbocycles. The molecule has 23 heteroatoms. The molecule has 0 radical (unpaired) electrons. The van der Waals surface area contributed by atoms with E-state index in [1.165, 1.54) is 42.7 Å². The smallest absolute Gasteiger partial charge is 0.406 e. The number of hydrogen-bond acceptors (Lipinski definition) is 12. The third kappa shape index (κ3) is 13.2. The first kappa shape index (κ1) is 53.2. The molecule has 0 spiro atoms. The van der Waals surface area contributed by atoms with Gasteiger partial charge in [-0.2, -0.15) is 24.8 Å². The van der Waals surface area contributed by atoms with Crippen molar-refractivity contribution < 1.29 is 32.9 Å². The Balaban J connectivity index is 0.000000198. The summed E-state index contributed by atoms with van der Waals surface area (Å²) in [4.78, 5) is 27.1. The molecule has 0 aliphatic heterocycles. The van der Waals surface area contributed by atoms with Crippen molar-refractivity contribution in [1.82, 2.24) is 49.1 Å². The largest absolute Gasteiger partial charge is 0.478 e. The first-order valence-electron chi connectivity index (χ1n) is 21.9. The van der Waals surface area contributed by atoms with Crippen molar-refractivity contribution in [3.05, 3.63) is 177 Å². The number of benzene rings is 2. The minimum atomic E-state index is -0.940. The molecule has 0 fully saturated rings. The molecule has 2 aromatic carbocycles. The molecule has 0 unspecified atom stereocenters. The number of pyridine rings is 2. The molecule has 372 valence electrons. The van der Waals surface area contributed by atoms with Gasteiger partial charge in [-0.05, 0) is 132 Å². The lowest BCUT2D eigenvalue weighted by Crippen LogP contribution is -2.08. The zero-order valence-electron chi connectivity index (χ0n) is 39.8. The summed E-state index contributed by atoms with van der Waals surface area (Å²) in [6.45, 7) is 7.48. The van der Waals surface area contributed by atoms with Gasteiger partial charge in [0.2, 0.25) is 11.6 Å². The lowest BCUT2D eigenvalue weighted by Gasteiger charge is -2.18. The van der Waals surface area contributed by atoms with Crippen LogP contribution in [0.2, 0.25) is 0 Å². The van der Waals surface area contributed by atoms with Crippen LogP contribution in [-0.2, 0) is 53.9 Å². The van der Waals surface area contributed by atoms with Crippen LogP contribution in [0.15, 0.2) is 94.4 Å². The maximum Gasteiger partial charge on any atom is 0.406 e. The number of aromatic nitrogens is 10. The summed E-state index contributed by atoms with van der Waals surface area (Å²) in [5.41, 5.74) is 10.1. The topological polar surface area (TPSA) is 213 Å². The lowest BCUT2D eigenvalue weighted by atomic mass is 9.96. The number of hydrogen-bond donors (Lipinski definition) is 1. The Morgan fingerprint density at radius 1 is 0.662 bits per heavy atom. The van der Waals surface area contributed by atoms with Crippen molar-refractivity contribution in [2.24, 2.45) is 28.2 Å². The molecule has 0 bridgehead atoms. The summed E-state index contributed by atoms with van der Waals surface area (Å²) in [5, 5.41) is 49.7. The molecule has 2 atom stereocenters.